The minimum absolute atomic E-state index is 0.0680. The first-order valence-electron chi connectivity index (χ1n) is 6.01. The van der Waals surface area contributed by atoms with Crippen LogP contribution in [0.2, 0.25) is 0 Å². The van der Waals surface area contributed by atoms with E-state index >= 15 is 0 Å². The van der Waals surface area contributed by atoms with Crippen molar-refractivity contribution in [3.05, 3.63) is 48.2 Å². The minimum Gasteiger partial charge on any atom is -0.473 e. The number of hydrogen-bond donors (Lipinski definition) is 0. The van der Waals surface area contributed by atoms with E-state index in [0.717, 1.165) is 6.42 Å². The molecular weight excluding hydrogens is 216 g/mol. The van der Waals surface area contributed by atoms with Crippen molar-refractivity contribution in [3.8, 4) is 0 Å². The first-order chi connectivity index (χ1) is 8.42. The third kappa shape index (κ3) is 2.51. The fourth-order valence-corrected chi connectivity index (χ4v) is 2.25. The molecule has 1 aromatic rings. The van der Waals surface area contributed by atoms with E-state index in [4.69, 9.17) is 14.2 Å². The van der Waals surface area contributed by atoms with Crippen molar-refractivity contribution in [3.63, 3.8) is 0 Å². The number of hydrogen-bond acceptors (Lipinski definition) is 3. The predicted octanol–water partition coefficient (Wildman–Crippen LogP) is 2.48. The molecule has 90 valence electrons. The lowest BCUT2D eigenvalue weighted by atomic mass is 9.95. The van der Waals surface area contributed by atoms with Gasteiger partial charge in [0.05, 0.1) is 25.6 Å². The second-order valence-corrected chi connectivity index (χ2v) is 4.46. The van der Waals surface area contributed by atoms with Crippen molar-refractivity contribution in [1.29, 1.82) is 0 Å². The molecule has 0 spiro atoms. The van der Waals surface area contributed by atoms with Crippen molar-refractivity contribution in [1.82, 2.24) is 0 Å². The van der Waals surface area contributed by atoms with Crippen LogP contribution in [-0.4, -0.2) is 19.0 Å². The van der Waals surface area contributed by atoms with E-state index in [-0.39, 0.29) is 12.4 Å². The van der Waals surface area contributed by atoms with E-state index in [1.165, 1.54) is 5.56 Å². The highest BCUT2D eigenvalue weighted by Gasteiger charge is 2.33. The third-order valence-corrected chi connectivity index (χ3v) is 3.25. The van der Waals surface area contributed by atoms with Crippen molar-refractivity contribution in [2.75, 3.05) is 6.61 Å². The highest BCUT2D eigenvalue weighted by Crippen LogP contribution is 2.29. The van der Waals surface area contributed by atoms with Gasteiger partial charge in [-0.05, 0) is 11.6 Å². The van der Waals surface area contributed by atoms with E-state index in [1.54, 1.807) is 6.26 Å². The molecule has 17 heavy (non-hydrogen) atoms. The number of rotatable bonds is 3. The summed E-state index contributed by atoms with van der Waals surface area (Å²) < 4.78 is 16.8. The second kappa shape index (κ2) is 4.90. The number of benzene rings is 1. The van der Waals surface area contributed by atoms with Gasteiger partial charge >= 0.3 is 0 Å². The summed E-state index contributed by atoms with van der Waals surface area (Å²) in [6, 6.07) is 10.2. The maximum Gasteiger partial charge on any atom is 0.199 e. The van der Waals surface area contributed by atoms with Crippen LogP contribution in [0.3, 0.4) is 0 Å². The van der Waals surface area contributed by atoms with Gasteiger partial charge in [-0.1, -0.05) is 30.3 Å². The fraction of sp³-hybridized carbons (Fsp3) is 0.429. The Kier molecular flexibility index (Phi) is 3.12. The molecule has 3 rings (SSSR count). The Bertz CT molecular complexity index is 388. The molecular formula is C14H16O3. The molecule has 0 unspecified atom stereocenters. The molecule has 2 heterocycles. The molecule has 3 heteroatoms. The molecule has 1 saturated heterocycles. The minimum atomic E-state index is -0.0680. The van der Waals surface area contributed by atoms with E-state index in [2.05, 4.69) is 18.2 Å². The smallest absolute Gasteiger partial charge is 0.199 e. The van der Waals surface area contributed by atoms with Gasteiger partial charge in [-0.3, -0.25) is 0 Å². The highest BCUT2D eigenvalue weighted by atomic mass is 16.7. The fourth-order valence-electron chi connectivity index (χ4n) is 2.25. The number of fused-ring (bicyclic) bond motifs is 2. The molecule has 1 fully saturated rings. The van der Waals surface area contributed by atoms with Gasteiger partial charge in [0.15, 0.2) is 6.29 Å². The molecule has 0 aliphatic carbocycles. The largest absolute Gasteiger partial charge is 0.473 e. The molecule has 2 aliphatic rings. The van der Waals surface area contributed by atoms with Crippen LogP contribution >= 0.6 is 0 Å². The maximum atomic E-state index is 5.92. The Morgan fingerprint density at radius 2 is 2.12 bits per heavy atom. The molecule has 2 aliphatic heterocycles. The highest BCUT2D eigenvalue weighted by molar-refractivity contribution is 5.13. The van der Waals surface area contributed by atoms with Crippen LogP contribution in [0.25, 0.3) is 0 Å². The van der Waals surface area contributed by atoms with Crippen LogP contribution in [0.4, 0.5) is 0 Å². The van der Waals surface area contributed by atoms with Crippen LogP contribution in [0.15, 0.2) is 42.7 Å². The van der Waals surface area contributed by atoms with Gasteiger partial charge in [0, 0.05) is 12.3 Å². The molecule has 0 amide bonds. The zero-order valence-corrected chi connectivity index (χ0v) is 9.62. The Morgan fingerprint density at radius 3 is 3.00 bits per heavy atom. The summed E-state index contributed by atoms with van der Waals surface area (Å²) in [5, 5.41) is 0. The van der Waals surface area contributed by atoms with E-state index in [9.17, 15) is 0 Å². The van der Waals surface area contributed by atoms with Gasteiger partial charge in [-0.25, -0.2) is 0 Å². The van der Waals surface area contributed by atoms with Crippen molar-refractivity contribution in [2.45, 2.75) is 25.4 Å². The molecule has 0 N–H and O–H groups in total. The van der Waals surface area contributed by atoms with Gasteiger partial charge in [-0.15, -0.1) is 0 Å². The van der Waals surface area contributed by atoms with E-state index < -0.39 is 0 Å². The average Bonchev–Trinajstić information content (AvgIpc) is 2.40. The molecule has 3 atom stereocenters. The normalized spacial score (nSPS) is 30.9. The summed E-state index contributed by atoms with van der Waals surface area (Å²) >= 11 is 0. The van der Waals surface area contributed by atoms with E-state index in [1.807, 2.05) is 18.2 Å². The van der Waals surface area contributed by atoms with E-state index in [0.29, 0.717) is 19.1 Å². The van der Waals surface area contributed by atoms with Crippen molar-refractivity contribution >= 4 is 0 Å². The summed E-state index contributed by atoms with van der Waals surface area (Å²) in [7, 11) is 0. The Morgan fingerprint density at radius 1 is 1.24 bits per heavy atom. The summed E-state index contributed by atoms with van der Waals surface area (Å²) in [5.41, 5.74) is 1.20. The standard InChI is InChI=1S/C14H16O3/c1-2-4-11(5-3-1)9-16-13-10-17-14-8-12(13)6-7-15-14/h1-7,12-14H,8-10H2/t12-,13+,14-/m0/s1. The lowest BCUT2D eigenvalue weighted by Crippen LogP contribution is -2.40. The topological polar surface area (TPSA) is 27.7 Å². The van der Waals surface area contributed by atoms with Gasteiger partial charge < -0.3 is 14.2 Å². The van der Waals surface area contributed by atoms with Gasteiger partial charge in [0.2, 0.25) is 0 Å². The Hall–Kier alpha value is -1.32. The van der Waals surface area contributed by atoms with Crippen LogP contribution in [0.5, 0.6) is 0 Å². The molecule has 0 radical (unpaired) electrons. The summed E-state index contributed by atoms with van der Waals surface area (Å²) in [6.45, 7) is 1.26. The van der Waals surface area contributed by atoms with Gasteiger partial charge in [0.1, 0.15) is 0 Å². The molecule has 3 nitrogen and oxygen atoms in total. The Balaban J connectivity index is 1.58. The van der Waals surface area contributed by atoms with Crippen LogP contribution in [0, 0.1) is 5.92 Å². The molecule has 2 bridgehead atoms. The number of ether oxygens (including phenoxy) is 3. The zero-order chi connectivity index (χ0) is 11.5. The lowest BCUT2D eigenvalue weighted by molar-refractivity contribution is -0.196. The summed E-state index contributed by atoms with van der Waals surface area (Å²) in [5.74, 6) is 0.422. The van der Waals surface area contributed by atoms with Crippen LogP contribution < -0.4 is 0 Å². The van der Waals surface area contributed by atoms with Gasteiger partial charge in [-0.2, -0.15) is 0 Å². The summed E-state index contributed by atoms with van der Waals surface area (Å²) in [6.07, 6.45) is 4.79. The van der Waals surface area contributed by atoms with Gasteiger partial charge in [0.25, 0.3) is 0 Å². The monoisotopic (exact) mass is 232 g/mol. The molecule has 0 saturated carbocycles. The Labute approximate surface area is 101 Å². The van der Waals surface area contributed by atoms with Crippen molar-refractivity contribution in [2.24, 2.45) is 5.92 Å². The lowest BCUT2D eigenvalue weighted by Gasteiger charge is -2.36. The maximum absolute atomic E-state index is 5.92. The first-order valence-corrected chi connectivity index (χ1v) is 6.01. The zero-order valence-electron chi connectivity index (χ0n) is 9.62. The van der Waals surface area contributed by atoms with Crippen LogP contribution in [-0.2, 0) is 20.8 Å². The average molecular weight is 232 g/mol. The van der Waals surface area contributed by atoms with Crippen molar-refractivity contribution < 1.29 is 14.2 Å². The second-order valence-electron chi connectivity index (χ2n) is 4.46. The third-order valence-electron chi connectivity index (χ3n) is 3.25. The quantitative estimate of drug-likeness (QED) is 0.801. The molecule has 0 aromatic heterocycles. The SMILES string of the molecule is C1=C[C@H]2C[C@@H](O1)OC[C@H]2OCc1ccccc1. The summed E-state index contributed by atoms with van der Waals surface area (Å²) in [4.78, 5) is 0. The first kappa shape index (κ1) is 10.8. The van der Waals surface area contributed by atoms with Crippen LogP contribution in [0.1, 0.15) is 12.0 Å². The molecule has 1 aromatic carbocycles. The predicted molar refractivity (Wildman–Crippen MR) is 63.1 cm³/mol.